The highest BCUT2D eigenvalue weighted by molar-refractivity contribution is 6.35. The first-order valence-electron chi connectivity index (χ1n) is 9.00. The van der Waals surface area contributed by atoms with Gasteiger partial charge >= 0.3 is 0 Å². The highest BCUT2D eigenvalue weighted by Crippen LogP contribution is 2.33. The highest BCUT2D eigenvalue weighted by atomic mass is 35.5. The van der Waals surface area contributed by atoms with Gasteiger partial charge in [0.1, 0.15) is 0 Å². The largest absolute Gasteiger partial charge is 0.291 e. The SMILES string of the molecule is O=C1C[C@@H](N2CCC(c3ccncc3)CC2)C(=O)N1c1cc(Cl)cc(Cl)c1. The van der Waals surface area contributed by atoms with Crippen molar-refractivity contribution in [1.82, 2.24) is 9.88 Å². The molecule has 27 heavy (non-hydrogen) atoms. The molecule has 1 aromatic heterocycles. The van der Waals surface area contributed by atoms with Gasteiger partial charge in [-0.1, -0.05) is 23.2 Å². The number of likely N-dealkylation sites (tertiary alicyclic amines) is 1. The molecule has 7 heteroatoms. The standard InChI is InChI=1S/C20H19Cl2N3O2/c21-15-9-16(22)11-17(10-15)25-19(26)12-18(20(25)27)24-7-3-14(4-8-24)13-1-5-23-6-2-13/h1-2,5-6,9-11,14,18H,3-4,7-8,12H2/t18-/m1/s1. The second kappa shape index (κ2) is 7.58. The number of carbonyl (C=O) groups is 2. The van der Waals surface area contributed by atoms with Gasteiger partial charge in [0.05, 0.1) is 18.2 Å². The van der Waals surface area contributed by atoms with E-state index in [-0.39, 0.29) is 18.2 Å². The number of rotatable bonds is 3. The number of amides is 2. The van der Waals surface area contributed by atoms with Gasteiger partial charge in [-0.2, -0.15) is 0 Å². The van der Waals surface area contributed by atoms with Gasteiger partial charge in [0, 0.05) is 22.4 Å². The molecule has 140 valence electrons. The lowest BCUT2D eigenvalue weighted by Crippen LogP contribution is -2.45. The van der Waals surface area contributed by atoms with Crippen LogP contribution in [0, 0.1) is 0 Å². The molecule has 2 aromatic rings. The number of benzene rings is 1. The fourth-order valence-corrected chi connectivity index (χ4v) is 4.54. The van der Waals surface area contributed by atoms with Gasteiger partial charge in [0.15, 0.2) is 0 Å². The van der Waals surface area contributed by atoms with Crippen LogP contribution in [0.3, 0.4) is 0 Å². The van der Waals surface area contributed by atoms with E-state index in [9.17, 15) is 9.59 Å². The maximum Gasteiger partial charge on any atom is 0.251 e. The number of halogens is 2. The number of aromatic nitrogens is 1. The van der Waals surface area contributed by atoms with Gasteiger partial charge < -0.3 is 0 Å². The van der Waals surface area contributed by atoms with E-state index in [0.29, 0.717) is 21.7 Å². The second-order valence-corrected chi connectivity index (χ2v) is 7.88. The third-order valence-electron chi connectivity index (χ3n) is 5.38. The first-order valence-corrected chi connectivity index (χ1v) is 9.75. The monoisotopic (exact) mass is 403 g/mol. The average molecular weight is 404 g/mol. The van der Waals surface area contributed by atoms with Gasteiger partial charge in [-0.3, -0.25) is 19.5 Å². The highest BCUT2D eigenvalue weighted by Gasteiger charge is 2.43. The third kappa shape index (κ3) is 3.72. The Kier molecular flexibility index (Phi) is 5.17. The Labute approximate surface area is 167 Å². The van der Waals surface area contributed by atoms with Crippen LogP contribution in [0.5, 0.6) is 0 Å². The van der Waals surface area contributed by atoms with Gasteiger partial charge in [0.2, 0.25) is 5.91 Å². The molecule has 0 bridgehead atoms. The van der Waals surface area contributed by atoms with Crippen LogP contribution in [0.25, 0.3) is 0 Å². The fraction of sp³-hybridized carbons (Fsp3) is 0.350. The number of imide groups is 1. The summed E-state index contributed by atoms with van der Waals surface area (Å²) < 4.78 is 0. The predicted molar refractivity (Wildman–Crippen MR) is 105 cm³/mol. The van der Waals surface area contributed by atoms with Crippen LogP contribution in [0.1, 0.15) is 30.7 Å². The van der Waals surface area contributed by atoms with Crippen LogP contribution in [-0.4, -0.2) is 40.8 Å². The van der Waals surface area contributed by atoms with E-state index >= 15 is 0 Å². The van der Waals surface area contributed by atoms with Gasteiger partial charge in [-0.05, 0) is 67.7 Å². The second-order valence-electron chi connectivity index (χ2n) is 7.01. The van der Waals surface area contributed by atoms with E-state index in [0.717, 1.165) is 25.9 Å². The summed E-state index contributed by atoms with van der Waals surface area (Å²) >= 11 is 12.1. The van der Waals surface area contributed by atoms with E-state index in [2.05, 4.69) is 22.0 Å². The van der Waals surface area contributed by atoms with E-state index in [1.807, 2.05) is 12.4 Å². The van der Waals surface area contributed by atoms with Crippen LogP contribution < -0.4 is 4.90 Å². The van der Waals surface area contributed by atoms with Crippen LogP contribution in [0.4, 0.5) is 5.69 Å². The Bertz CT molecular complexity index is 847. The smallest absolute Gasteiger partial charge is 0.251 e. The van der Waals surface area contributed by atoms with Gasteiger partial charge in [-0.15, -0.1) is 0 Å². The summed E-state index contributed by atoms with van der Waals surface area (Å²) in [4.78, 5) is 32.9. The van der Waals surface area contributed by atoms with Crippen molar-refractivity contribution < 1.29 is 9.59 Å². The zero-order valence-electron chi connectivity index (χ0n) is 14.6. The topological polar surface area (TPSA) is 53.5 Å². The molecule has 0 spiro atoms. The van der Waals surface area contributed by atoms with Crippen molar-refractivity contribution in [1.29, 1.82) is 0 Å². The minimum absolute atomic E-state index is 0.194. The quantitative estimate of drug-likeness (QED) is 0.729. The molecule has 0 N–H and O–H groups in total. The van der Waals surface area contributed by atoms with Crippen LogP contribution in [0.2, 0.25) is 10.0 Å². The Hall–Kier alpha value is -1.95. The number of nitrogens with zero attached hydrogens (tertiary/aromatic N) is 3. The minimum Gasteiger partial charge on any atom is -0.291 e. The van der Waals surface area contributed by atoms with Crippen molar-refractivity contribution in [2.24, 2.45) is 0 Å². The van der Waals surface area contributed by atoms with Crippen molar-refractivity contribution in [3.63, 3.8) is 0 Å². The summed E-state index contributed by atoms with van der Waals surface area (Å²) in [5, 5.41) is 0.805. The molecule has 3 heterocycles. The molecular weight excluding hydrogens is 385 g/mol. The molecule has 1 atom stereocenters. The molecule has 1 aromatic carbocycles. The molecule has 2 fully saturated rings. The summed E-state index contributed by atoms with van der Waals surface area (Å²) in [6.45, 7) is 1.58. The Balaban J connectivity index is 1.46. The molecule has 0 radical (unpaired) electrons. The number of hydrogen-bond acceptors (Lipinski definition) is 4. The fourth-order valence-electron chi connectivity index (χ4n) is 4.02. The zero-order chi connectivity index (χ0) is 19.0. The number of pyridine rings is 1. The van der Waals surface area contributed by atoms with Gasteiger partial charge in [-0.25, -0.2) is 4.90 Å². The summed E-state index contributed by atoms with van der Waals surface area (Å²) in [7, 11) is 0. The van der Waals surface area contributed by atoms with Crippen LogP contribution >= 0.6 is 23.2 Å². The minimum atomic E-state index is -0.409. The third-order valence-corrected chi connectivity index (χ3v) is 5.81. The molecule has 2 saturated heterocycles. The maximum absolute atomic E-state index is 13.0. The van der Waals surface area contributed by atoms with Crippen molar-refractivity contribution in [2.75, 3.05) is 18.0 Å². The lowest BCUT2D eigenvalue weighted by molar-refractivity contribution is -0.123. The number of hydrogen-bond donors (Lipinski definition) is 0. The molecular formula is C20H19Cl2N3O2. The first kappa shape index (κ1) is 18.4. The lowest BCUT2D eigenvalue weighted by atomic mass is 9.89. The Morgan fingerprint density at radius 3 is 2.22 bits per heavy atom. The van der Waals surface area contributed by atoms with Gasteiger partial charge in [0.25, 0.3) is 5.91 Å². The van der Waals surface area contributed by atoms with Crippen LogP contribution in [0.15, 0.2) is 42.7 Å². The Morgan fingerprint density at radius 1 is 0.963 bits per heavy atom. The normalized spacial score (nSPS) is 21.9. The number of piperidine rings is 1. The molecule has 5 nitrogen and oxygen atoms in total. The maximum atomic E-state index is 13.0. The average Bonchev–Trinajstić information content (AvgIpc) is 2.96. The molecule has 4 rings (SSSR count). The molecule has 0 aliphatic carbocycles. The molecule has 2 amide bonds. The lowest BCUT2D eigenvalue weighted by Gasteiger charge is -2.35. The first-order chi connectivity index (χ1) is 13.0. The van der Waals surface area contributed by atoms with Crippen molar-refractivity contribution in [3.8, 4) is 0 Å². The summed E-state index contributed by atoms with van der Waals surface area (Å²) in [5.74, 6) is 0.0691. The van der Waals surface area contributed by atoms with Crippen molar-refractivity contribution in [2.45, 2.75) is 31.2 Å². The summed E-state index contributed by atoms with van der Waals surface area (Å²) in [6.07, 6.45) is 5.75. The van der Waals surface area contributed by atoms with E-state index in [1.54, 1.807) is 18.2 Å². The van der Waals surface area contributed by atoms with Crippen molar-refractivity contribution in [3.05, 3.63) is 58.3 Å². The Morgan fingerprint density at radius 2 is 1.59 bits per heavy atom. The summed E-state index contributed by atoms with van der Waals surface area (Å²) in [5.41, 5.74) is 1.73. The van der Waals surface area contributed by atoms with E-state index < -0.39 is 6.04 Å². The number of anilines is 1. The molecule has 2 aliphatic rings. The number of carbonyl (C=O) groups excluding carboxylic acids is 2. The van der Waals surface area contributed by atoms with Crippen molar-refractivity contribution >= 4 is 40.7 Å². The molecule has 2 aliphatic heterocycles. The zero-order valence-corrected chi connectivity index (χ0v) is 16.2. The van der Waals surface area contributed by atoms with E-state index in [1.165, 1.54) is 10.5 Å². The van der Waals surface area contributed by atoms with Crippen LogP contribution in [-0.2, 0) is 9.59 Å². The predicted octanol–water partition coefficient (Wildman–Crippen LogP) is 3.90. The molecule has 0 unspecified atom stereocenters. The molecule has 0 saturated carbocycles. The van der Waals surface area contributed by atoms with E-state index in [4.69, 9.17) is 23.2 Å². The summed E-state index contributed by atoms with van der Waals surface area (Å²) in [6, 6.07) is 8.47.